The van der Waals surface area contributed by atoms with E-state index < -0.39 is 6.04 Å². The topological polar surface area (TPSA) is 46.3 Å². The number of hydrogen-bond donors (Lipinski definition) is 1. The molecule has 1 heterocycles. The van der Waals surface area contributed by atoms with E-state index in [1.165, 1.54) is 5.56 Å². The first kappa shape index (κ1) is 16.7. The molecule has 2 aromatic carbocycles. The zero-order chi connectivity index (χ0) is 16.8. The fourth-order valence-electron chi connectivity index (χ4n) is 3.57. The number of rotatable bonds is 4. The maximum atomic E-state index is 12.7. The normalized spacial score (nSPS) is 19.5. The van der Waals surface area contributed by atoms with Gasteiger partial charge in [0.2, 0.25) is 5.91 Å². The van der Waals surface area contributed by atoms with E-state index in [2.05, 4.69) is 30.3 Å². The van der Waals surface area contributed by atoms with Crippen molar-refractivity contribution in [1.29, 1.82) is 0 Å². The third-order valence-corrected chi connectivity index (χ3v) is 4.93. The lowest BCUT2D eigenvalue weighted by atomic mass is 9.92. The Bertz CT molecular complexity index is 641. The van der Waals surface area contributed by atoms with Gasteiger partial charge in [0.05, 0.1) is 6.04 Å². The van der Waals surface area contributed by atoms with Crippen LogP contribution in [0.3, 0.4) is 0 Å². The Morgan fingerprint density at radius 3 is 2.38 bits per heavy atom. The monoisotopic (exact) mass is 322 g/mol. The van der Waals surface area contributed by atoms with Gasteiger partial charge < -0.3 is 10.6 Å². The molecule has 2 aromatic rings. The third-order valence-electron chi connectivity index (χ3n) is 4.93. The average Bonchev–Trinajstić information content (AvgIpc) is 2.89. The summed E-state index contributed by atoms with van der Waals surface area (Å²) in [6.07, 6.45) is 3.82. The van der Waals surface area contributed by atoms with Gasteiger partial charge in [0, 0.05) is 13.1 Å². The molecule has 3 rings (SSSR count). The predicted octanol–water partition coefficient (Wildman–Crippen LogP) is 3.35. The van der Waals surface area contributed by atoms with E-state index in [4.69, 9.17) is 5.73 Å². The summed E-state index contributed by atoms with van der Waals surface area (Å²) in [5.41, 5.74) is 8.70. The molecule has 3 nitrogen and oxygen atoms in total. The van der Waals surface area contributed by atoms with Crippen LogP contribution in [0.5, 0.6) is 0 Å². The number of nitrogens with zero attached hydrogens (tertiary/aromatic N) is 1. The Balaban J connectivity index is 1.58. The first-order valence-corrected chi connectivity index (χ1v) is 8.87. The highest BCUT2D eigenvalue weighted by atomic mass is 16.2. The van der Waals surface area contributed by atoms with Gasteiger partial charge >= 0.3 is 0 Å². The molecule has 0 saturated carbocycles. The second kappa shape index (κ2) is 8.11. The summed E-state index contributed by atoms with van der Waals surface area (Å²) in [5, 5.41) is 0. The minimum absolute atomic E-state index is 0.0903. The average molecular weight is 322 g/mol. The van der Waals surface area contributed by atoms with Gasteiger partial charge in [0.1, 0.15) is 0 Å². The van der Waals surface area contributed by atoms with Gasteiger partial charge in [-0.2, -0.15) is 0 Å². The molecular weight excluding hydrogens is 296 g/mol. The third kappa shape index (κ3) is 4.24. The number of amides is 1. The quantitative estimate of drug-likeness (QED) is 0.938. The van der Waals surface area contributed by atoms with Crippen molar-refractivity contribution in [3.8, 4) is 0 Å². The maximum absolute atomic E-state index is 12.7. The van der Waals surface area contributed by atoms with Gasteiger partial charge in [0.15, 0.2) is 0 Å². The molecule has 3 heteroatoms. The van der Waals surface area contributed by atoms with Crippen LogP contribution >= 0.6 is 0 Å². The fraction of sp³-hybridized carbons (Fsp3) is 0.381. The summed E-state index contributed by atoms with van der Waals surface area (Å²) >= 11 is 0. The van der Waals surface area contributed by atoms with E-state index in [1.54, 1.807) is 0 Å². The molecule has 126 valence electrons. The second-order valence-electron chi connectivity index (χ2n) is 6.66. The van der Waals surface area contributed by atoms with E-state index in [1.807, 2.05) is 35.2 Å². The second-order valence-corrected chi connectivity index (χ2v) is 6.66. The molecule has 1 aliphatic rings. The van der Waals surface area contributed by atoms with Gasteiger partial charge in [-0.3, -0.25) is 4.79 Å². The molecule has 0 aromatic heterocycles. The van der Waals surface area contributed by atoms with Crippen LogP contribution in [0.2, 0.25) is 0 Å². The zero-order valence-electron chi connectivity index (χ0n) is 14.1. The summed E-state index contributed by atoms with van der Waals surface area (Å²) in [7, 11) is 0. The Morgan fingerprint density at radius 1 is 1.00 bits per heavy atom. The van der Waals surface area contributed by atoms with Crippen LogP contribution in [-0.4, -0.2) is 29.9 Å². The Kier molecular flexibility index (Phi) is 5.65. The summed E-state index contributed by atoms with van der Waals surface area (Å²) in [5.74, 6) is 0.641. The van der Waals surface area contributed by atoms with Crippen LogP contribution < -0.4 is 5.73 Å². The molecule has 1 unspecified atom stereocenters. The first-order valence-electron chi connectivity index (χ1n) is 8.87. The number of benzene rings is 2. The van der Waals surface area contributed by atoms with Crippen molar-refractivity contribution in [2.24, 2.45) is 5.73 Å². The molecule has 1 aliphatic heterocycles. The van der Waals surface area contributed by atoms with E-state index in [0.717, 1.165) is 37.9 Å². The number of likely N-dealkylation sites (tertiary alicyclic amines) is 1. The molecule has 0 bridgehead atoms. The molecule has 1 saturated heterocycles. The molecule has 0 radical (unpaired) electrons. The van der Waals surface area contributed by atoms with Gasteiger partial charge in [-0.1, -0.05) is 60.7 Å². The van der Waals surface area contributed by atoms with Gasteiger partial charge in [-0.05, 0) is 42.7 Å². The molecule has 1 amide bonds. The Hall–Kier alpha value is -2.13. The van der Waals surface area contributed by atoms with Crippen molar-refractivity contribution in [1.82, 2.24) is 4.90 Å². The van der Waals surface area contributed by atoms with Gasteiger partial charge in [-0.25, -0.2) is 0 Å². The molecule has 0 aliphatic carbocycles. The van der Waals surface area contributed by atoms with Crippen molar-refractivity contribution in [2.45, 2.75) is 37.6 Å². The Labute approximate surface area is 144 Å². The van der Waals surface area contributed by atoms with E-state index in [9.17, 15) is 4.79 Å². The van der Waals surface area contributed by atoms with Crippen molar-refractivity contribution in [2.75, 3.05) is 13.1 Å². The van der Waals surface area contributed by atoms with Crippen molar-refractivity contribution in [3.63, 3.8) is 0 Å². The number of nitrogens with two attached hydrogens (primary N) is 1. The molecule has 24 heavy (non-hydrogen) atoms. The largest absolute Gasteiger partial charge is 0.341 e. The number of carbonyl (C=O) groups is 1. The lowest BCUT2D eigenvalue weighted by Crippen LogP contribution is -2.45. The van der Waals surface area contributed by atoms with Crippen molar-refractivity contribution < 1.29 is 4.79 Å². The van der Waals surface area contributed by atoms with Gasteiger partial charge in [-0.15, -0.1) is 0 Å². The molecule has 1 fully saturated rings. The highest BCUT2D eigenvalue weighted by Gasteiger charge is 2.25. The summed E-state index contributed by atoms with van der Waals surface area (Å²) < 4.78 is 0. The first-order chi connectivity index (χ1) is 11.7. The molecular formula is C21H26N2O. The zero-order valence-corrected chi connectivity index (χ0v) is 14.1. The minimum Gasteiger partial charge on any atom is -0.341 e. The highest BCUT2D eigenvalue weighted by Crippen LogP contribution is 2.28. The van der Waals surface area contributed by atoms with Crippen LogP contribution in [0.15, 0.2) is 60.7 Å². The Morgan fingerprint density at radius 2 is 1.67 bits per heavy atom. The SMILES string of the molecule is N[C@@H](Cc1ccccc1)C(=O)N1CCCC(c2ccccc2)CC1. The van der Waals surface area contributed by atoms with Crippen LogP contribution in [0.1, 0.15) is 36.3 Å². The summed E-state index contributed by atoms with van der Waals surface area (Å²) in [6.45, 7) is 1.63. The number of hydrogen-bond acceptors (Lipinski definition) is 2. The van der Waals surface area contributed by atoms with Crippen LogP contribution in [0.4, 0.5) is 0 Å². The van der Waals surface area contributed by atoms with E-state index in [-0.39, 0.29) is 5.91 Å². The number of carbonyl (C=O) groups excluding carboxylic acids is 1. The lowest BCUT2D eigenvalue weighted by molar-refractivity contribution is -0.132. The molecule has 2 atom stereocenters. The predicted molar refractivity (Wildman–Crippen MR) is 97.7 cm³/mol. The smallest absolute Gasteiger partial charge is 0.239 e. The minimum atomic E-state index is -0.444. The van der Waals surface area contributed by atoms with Crippen LogP contribution in [0.25, 0.3) is 0 Å². The molecule has 2 N–H and O–H groups in total. The van der Waals surface area contributed by atoms with Gasteiger partial charge in [0.25, 0.3) is 0 Å². The van der Waals surface area contributed by atoms with E-state index in [0.29, 0.717) is 12.3 Å². The maximum Gasteiger partial charge on any atom is 0.239 e. The lowest BCUT2D eigenvalue weighted by Gasteiger charge is -2.24. The van der Waals surface area contributed by atoms with Crippen LogP contribution in [-0.2, 0) is 11.2 Å². The van der Waals surface area contributed by atoms with Crippen molar-refractivity contribution in [3.05, 3.63) is 71.8 Å². The fourth-order valence-corrected chi connectivity index (χ4v) is 3.57. The van der Waals surface area contributed by atoms with Crippen LogP contribution in [0, 0.1) is 0 Å². The standard InChI is InChI=1S/C21H26N2O/c22-20(16-17-8-3-1-4-9-17)21(24)23-14-7-12-19(13-15-23)18-10-5-2-6-11-18/h1-6,8-11,19-20H,7,12-16,22H2/t19?,20-/m0/s1. The summed E-state index contributed by atoms with van der Waals surface area (Å²) in [4.78, 5) is 14.7. The van der Waals surface area contributed by atoms with Crippen molar-refractivity contribution >= 4 is 5.91 Å². The highest BCUT2D eigenvalue weighted by molar-refractivity contribution is 5.82. The molecule has 0 spiro atoms. The summed E-state index contributed by atoms with van der Waals surface area (Å²) in [6, 6.07) is 20.2. The van der Waals surface area contributed by atoms with E-state index >= 15 is 0 Å².